The number of rotatable bonds is 5. The second-order valence-corrected chi connectivity index (χ2v) is 5.51. The number of benzene rings is 1. The quantitative estimate of drug-likeness (QED) is 0.472. The average Bonchev–Trinajstić information content (AvgIpc) is 2.94. The van der Waals surface area contributed by atoms with Crippen LogP contribution in [-0.2, 0) is 13.6 Å². The van der Waals surface area contributed by atoms with Gasteiger partial charge in [0, 0.05) is 19.2 Å². The minimum Gasteiger partial charge on any atom is -0.507 e. The lowest BCUT2D eigenvalue weighted by molar-refractivity contribution is 0.474. The molecule has 9 nitrogen and oxygen atoms in total. The lowest BCUT2D eigenvalue weighted by Crippen LogP contribution is -2.29. The Hall–Kier alpha value is -3.36. The van der Waals surface area contributed by atoms with Crippen molar-refractivity contribution < 1.29 is 5.11 Å². The average molecular weight is 342 g/mol. The van der Waals surface area contributed by atoms with Gasteiger partial charge < -0.3 is 9.67 Å². The molecule has 130 valence electrons. The number of aryl methyl sites for hydroxylation is 2. The third kappa shape index (κ3) is 3.03. The second kappa shape index (κ2) is 6.63. The number of para-hydroxylation sites is 1. The number of anilines is 1. The first-order valence-electron chi connectivity index (χ1n) is 7.79. The molecule has 3 aromatic rings. The molecule has 0 saturated heterocycles. The molecule has 0 saturated carbocycles. The number of hydrazone groups is 1. The van der Waals surface area contributed by atoms with E-state index in [1.54, 1.807) is 35.9 Å². The third-order valence-corrected chi connectivity index (χ3v) is 3.76. The van der Waals surface area contributed by atoms with Gasteiger partial charge in [-0.3, -0.25) is 14.3 Å². The fourth-order valence-corrected chi connectivity index (χ4v) is 2.52. The Labute approximate surface area is 142 Å². The molecule has 0 amide bonds. The topological polar surface area (TPSA) is 117 Å². The molecule has 3 N–H and O–H groups in total. The van der Waals surface area contributed by atoms with Crippen LogP contribution in [0, 0.1) is 0 Å². The van der Waals surface area contributed by atoms with Crippen molar-refractivity contribution in [2.45, 2.75) is 19.9 Å². The number of aromatic hydroxyl groups is 1. The number of imidazole rings is 1. The Morgan fingerprint density at radius 2 is 2.12 bits per heavy atom. The third-order valence-electron chi connectivity index (χ3n) is 3.76. The van der Waals surface area contributed by atoms with Crippen LogP contribution in [0.4, 0.5) is 5.95 Å². The molecule has 0 aliphatic heterocycles. The minimum absolute atomic E-state index is 0.106. The van der Waals surface area contributed by atoms with Crippen molar-refractivity contribution in [2.24, 2.45) is 12.1 Å². The van der Waals surface area contributed by atoms with Crippen LogP contribution in [0.2, 0.25) is 0 Å². The monoisotopic (exact) mass is 342 g/mol. The van der Waals surface area contributed by atoms with Gasteiger partial charge in [-0.25, -0.2) is 10.2 Å². The van der Waals surface area contributed by atoms with Crippen LogP contribution in [-0.4, -0.2) is 30.4 Å². The fraction of sp³-hybridized carbons (Fsp3) is 0.250. The molecule has 3 rings (SSSR count). The van der Waals surface area contributed by atoms with E-state index in [9.17, 15) is 14.7 Å². The Balaban J connectivity index is 2.04. The van der Waals surface area contributed by atoms with Gasteiger partial charge in [0.05, 0.1) is 6.21 Å². The molecule has 0 aliphatic carbocycles. The van der Waals surface area contributed by atoms with E-state index in [-0.39, 0.29) is 11.4 Å². The van der Waals surface area contributed by atoms with Gasteiger partial charge in [-0.05, 0) is 18.6 Å². The van der Waals surface area contributed by atoms with Gasteiger partial charge in [-0.1, -0.05) is 19.1 Å². The van der Waals surface area contributed by atoms with Gasteiger partial charge in [-0.2, -0.15) is 10.1 Å². The maximum Gasteiger partial charge on any atom is 0.329 e. The van der Waals surface area contributed by atoms with Crippen molar-refractivity contribution in [3.8, 4) is 5.75 Å². The molecule has 0 atom stereocenters. The number of phenolic OH excluding ortho intramolecular Hbond substituents is 1. The lowest BCUT2D eigenvalue weighted by atomic mass is 10.2. The molecule has 0 spiro atoms. The normalized spacial score (nSPS) is 11.4. The molecule has 0 fully saturated rings. The summed E-state index contributed by atoms with van der Waals surface area (Å²) in [5, 5.41) is 13.8. The van der Waals surface area contributed by atoms with Crippen molar-refractivity contribution in [1.29, 1.82) is 0 Å². The highest BCUT2D eigenvalue weighted by atomic mass is 16.3. The zero-order valence-electron chi connectivity index (χ0n) is 13.9. The van der Waals surface area contributed by atoms with Crippen LogP contribution < -0.4 is 16.7 Å². The molecular weight excluding hydrogens is 324 g/mol. The highest BCUT2D eigenvalue weighted by Crippen LogP contribution is 2.16. The fourth-order valence-electron chi connectivity index (χ4n) is 2.52. The second-order valence-electron chi connectivity index (χ2n) is 5.51. The van der Waals surface area contributed by atoms with Crippen LogP contribution in [0.1, 0.15) is 18.9 Å². The number of fused-ring (bicyclic) bond motifs is 1. The van der Waals surface area contributed by atoms with Crippen molar-refractivity contribution in [3.05, 3.63) is 50.7 Å². The van der Waals surface area contributed by atoms with Gasteiger partial charge in [0.2, 0.25) is 5.95 Å². The van der Waals surface area contributed by atoms with E-state index in [1.807, 2.05) is 6.92 Å². The maximum atomic E-state index is 12.2. The zero-order chi connectivity index (χ0) is 18.0. The van der Waals surface area contributed by atoms with Crippen LogP contribution in [0.3, 0.4) is 0 Å². The number of phenols is 1. The predicted molar refractivity (Wildman–Crippen MR) is 95.2 cm³/mol. The van der Waals surface area contributed by atoms with Crippen molar-refractivity contribution in [3.63, 3.8) is 0 Å². The number of hydrogen-bond donors (Lipinski definition) is 3. The van der Waals surface area contributed by atoms with Crippen molar-refractivity contribution in [2.75, 3.05) is 5.43 Å². The molecule has 25 heavy (non-hydrogen) atoms. The standard InChI is InChI=1S/C16H18N6O3/c1-3-8-22-12-13(21(2)16(25)19-14(12)24)18-15(22)20-17-9-10-6-4-5-7-11(10)23/h4-7,9,23H,3,8H2,1-2H3,(H,18,20)(H,19,24,25). The Kier molecular flexibility index (Phi) is 4.38. The highest BCUT2D eigenvalue weighted by molar-refractivity contribution is 5.83. The minimum atomic E-state index is -0.525. The van der Waals surface area contributed by atoms with E-state index in [4.69, 9.17) is 0 Å². The first-order chi connectivity index (χ1) is 12.0. The molecular formula is C16H18N6O3. The van der Waals surface area contributed by atoms with E-state index in [0.717, 1.165) is 6.42 Å². The maximum absolute atomic E-state index is 12.2. The highest BCUT2D eigenvalue weighted by Gasteiger charge is 2.16. The zero-order valence-corrected chi connectivity index (χ0v) is 13.9. The number of aromatic amines is 1. The molecule has 0 bridgehead atoms. The number of H-pyrrole nitrogens is 1. The lowest BCUT2D eigenvalue weighted by Gasteiger charge is -2.06. The molecule has 9 heteroatoms. The van der Waals surface area contributed by atoms with E-state index >= 15 is 0 Å². The van der Waals surface area contributed by atoms with Crippen LogP contribution >= 0.6 is 0 Å². The summed E-state index contributed by atoms with van der Waals surface area (Å²) >= 11 is 0. The van der Waals surface area contributed by atoms with Gasteiger partial charge in [0.25, 0.3) is 5.56 Å². The summed E-state index contributed by atoms with van der Waals surface area (Å²) in [6.45, 7) is 2.50. The van der Waals surface area contributed by atoms with Gasteiger partial charge in [-0.15, -0.1) is 0 Å². The first-order valence-corrected chi connectivity index (χ1v) is 7.79. The number of hydrogen-bond acceptors (Lipinski definition) is 6. The number of nitrogens with zero attached hydrogens (tertiary/aromatic N) is 4. The summed E-state index contributed by atoms with van der Waals surface area (Å²) in [4.78, 5) is 30.5. The van der Waals surface area contributed by atoms with E-state index < -0.39 is 11.2 Å². The number of aromatic nitrogens is 4. The smallest absolute Gasteiger partial charge is 0.329 e. The molecule has 0 radical (unpaired) electrons. The summed E-state index contributed by atoms with van der Waals surface area (Å²) in [5.41, 5.74) is 2.89. The Morgan fingerprint density at radius 1 is 1.36 bits per heavy atom. The summed E-state index contributed by atoms with van der Waals surface area (Å²) in [6, 6.07) is 6.77. The van der Waals surface area contributed by atoms with E-state index in [2.05, 4.69) is 20.5 Å². The predicted octanol–water partition coefficient (Wildman–Crippen LogP) is 0.985. The Bertz CT molecular complexity index is 1060. The van der Waals surface area contributed by atoms with Gasteiger partial charge >= 0.3 is 5.69 Å². The van der Waals surface area contributed by atoms with E-state index in [0.29, 0.717) is 23.6 Å². The molecule has 0 unspecified atom stereocenters. The first kappa shape index (κ1) is 16.5. The van der Waals surface area contributed by atoms with Crippen LogP contribution in [0.25, 0.3) is 11.2 Å². The van der Waals surface area contributed by atoms with E-state index in [1.165, 1.54) is 10.8 Å². The molecule has 0 aliphatic rings. The molecule has 2 heterocycles. The summed E-state index contributed by atoms with van der Waals surface area (Å²) in [7, 11) is 1.54. The Morgan fingerprint density at radius 3 is 2.84 bits per heavy atom. The SMILES string of the molecule is CCCn1c(NN=Cc2ccccc2O)nc2c1c(=O)[nH]c(=O)n2C. The van der Waals surface area contributed by atoms with Crippen molar-refractivity contribution in [1.82, 2.24) is 19.1 Å². The van der Waals surface area contributed by atoms with Gasteiger partial charge in [0.15, 0.2) is 11.2 Å². The van der Waals surface area contributed by atoms with Crippen LogP contribution in [0.15, 0.2) is 39.0 Å². The molecule has 1 aromatic carbocycles. The van der Waals surface area contributed by atoms with Gasteiger partial charge in [0.1, 0.15) is 5.75 Å². The largest absolute Gasteiger partial charge is 0.507 e. The summed E-state index contributed by atoms with van der Waals surface area (Å²) < 4.78 is 2.95. The molecule has 2 aromatic heterocycles. The van der Waals surface area contributed by atoms with Crippen LogP contribution in [0.5, 0.6) is 5.75 Å². The number of nitrogens with one attached hydrogen (secondary N) is 2. The summed E-state index contributed by atoms with van der Waals surface area (Å²) in [5.74, 6) is 0.448. The summed E-state index contributed by atoms with van der Waals surface area (Å²) in [6.07, 6.45) is 2.22. The van der Waals surface area contributed by atoms with Crippen molar-refractivity contribution >= 4 is 23.3 Å².